The zero-order chi connectivity index (χ0) is 7.40. The topological polar surface area (TPSA) is 46.5 Å². The Labute approximate surface area is 57.9 Å². The number of carbonyl (C=O) groups excluding carboxylic acids is 1. The SMILES string of the molecule is O=COc1cccc(O)c1. The van der Waals surface area contributed by atoms with Gasteiger partial charge in [-0.2, -0.15) is 0 Å². The maximum absolute atomic E-state index is 9.78. The molecular formula is C7H6O3. The Morgan fingerprint density at radius 2 is 2.30 bits per heavy atom. The first-order chi connectivity index (χ1) is 4.83. The van der Waals surface area contributed by atoms with Crippen LogP contribution in [0.5, 0.6) is 11.5 Å². The molecule has 0 saturated carbocycles. The second kappa shape index (κ2) is 2.87. The van der Waals surface area contributed by atoms with Gasteiger partial charge in [-0.15, -0.1) is 0 Å². The molecule has 0 fully saturated rings. The van der Waals surface area contributed by atoms with Gasteiger partial charge in [0.25, 0.3) is 6.47 Å². The Balaban J connectivity index is 2.84. The van der Waals surface area contributed by atoms with Gasteiger partial charge < -0.3 is 9.84 Å². The lowest BCUT2D eigenvalue weighted by Gasteiger charge is -1.95. The average molecular weight is 138 g/mol. The molecule has 0 atom stereocenters. The summed E-state index contributed by atoms with van der Waals surface area (Å²) in [5.41, 5.74) is 0. The molecule has 3 heteroatoms. The maximum Gasteiger partial charge on any atom is 0.298 e. The molecule has 52 valence electrons. The summed E-state index contributed by atoms with van der Waals surface area (Å²) >= 11 is 0. The number of phenols is 1. The van der Waals surface area contributed by atoms with Crippen LogP contribution in [0, 0.1) is 0 Å². The lowest BCUT2D eigenvalue weighted by atomic mass is 10.3. The van der Waals surface area contributed by atoms with E-state index in [0.29, 0.717) is 12.2 Å². The standard InChI is InChI=1S/C7H6O3/c8-5-10-7-3-1-2-6(9)4-7/h1-5,9H. The predicted octanol–water partition coefficient (Wildman–Crippen LogP) is 0.927. The minimum atomic E-state index is 0.0827. The molecular weight excluding hydrogens is 132 g/mol. The summed E-state index contributed by atoms with van der Waals surface area (Å²) in [6, 6.07) is 6.02. The number of aromatic hydroxyl groups is 1. The minimum Gasteiger partial charge on any atom is -0.508 e. The van der Waals surface area contributed by atoms with Crippen molar-refractivity contribution in [1.29, 1.82) is 0 Å². The maximum atomic E-state index is 9.78. The van der Waals surface area contributed by atoms with Crippen LogP contribution in [0.1, 0.15) is 0 Å². The largest absolute Gasteiger partial charge is 0.508 e. The molecule has 0 spiro atoms. The third kappa shape index (κ3) is 1.48. The number of phenolic OH excluding ortho intramolecular Hbond substituents is 1. The molecule has 0 saturated heterocycles. The third-order valence-electron chi connectivity index (χ3n) is 1.00. The van der Waals surface area contributed by atoms with Crippen molar-refractivity contribution in [1.82, 2.24) is 0 Å². The van der Waals surface area contributed by atoms with Gasteiger partial charge in [0.1, 0.15) is 11.5 Å². The van der Waals surface area contributed by atoms with Gasteiger partial charge in [0.05, 0.1) is 0 Å². The van der Waals surface area contributed by atoms with Crippen molar-refractivity contribution >= 4 is 6.47 Å². The molecule has 3 nitrogen and oxygen atoms in total. The lowest BCUT2D eigenvalue weighted by molar-refractivity contribution is -0.120. The zero-order valence-electron chi connectivity index (χ0n) is 5.15. The molecule has 0 aliphatic carbocycles. The number of rotatable bonds is 2. The summed E-state index contributed by atoms with van der Waals surface area (Å²) in [4.78, 5) is 9.78. The second-order valence-electron chi connectivity index (χ2n) is 1.71. The molecule has 0 aliphatic rings. The van der Waals surface area contributed by atoms with E-state index in [9.17, 15) is 4.79 Å². The van der Waals surface area contributed by atoms with Crippen LogP contribution in [0.2, 0.25) is 0 Å². The molecule has 0 amide bonds. The first-order valence-corrected chi connectivity index (χ1v) is 2.72. The van der Waals surface area contributed by atoms with Crippen LogP contribution in [0.4, 0.5) is 0 Å². The molecule has 0 aromatic heterocycles. The fourth-order valence-corrected chi connectivity index (χ4v) is 0.612. The van der Waals surface area contributed by atoms with Crippen molar-refractivity contribution in [2.75, 3.05) is 0 Å². The molecule has 0 unspecified atom stereocenters. The highest BCUT2D eigenvalue weighted by atomic mass is 16.5. The van der Waals surface area contributed by atoms with E-state index in [2.05, 4.69) is 4.74 Å². The summed E-state index contributed by atoms with van der Waals surface area (Å²) in [7, 11) is 0. The Kier molecular flexibility index (Phi) is 1.89. The van der Waals surface area contributed by atoms with Crippen LogP contribution in [-0.2, 0) is 4.79 Å². The van der Waals surface area contributed by atoms with Gasteiger partial charge in [-0.3, -0.25) is 4.79 Å². The van der Waals surface area contributed by atoms with Crippen molar-refractivity contribution in [2.45, 2.75) is 0 Å². The van der Waals surface area contributed by atoms with Crippen molar-refractivity contribution in [2.24, 2.45) is 0 Å². The quantitative estimate of drug-likeness (QED) is 0.618. The lowest BCUT2D eigenvalue weighted by Crippen LogP contribution is -1.86. The highest BCUT2D eigenvalue weighted by Gasteiger charge is 1.91. The number of hydrogen-bond donors (Lipinski definition) is 1. The first kappa shape index (κ1) is 6.61. The number of benzene rings is 1. The summed E-state index contributed by atoms with van der Waals surface area (Å²) in [5, 5.41) is 8.84. The fraction of sp³-hybridized carbons (Fsp3) is 0. The molecule has 0 radical (unpaired) electrons. The Bertz CT molecular complexity index is 232. The van der Waals surface area contributed by atoms with E-state index in [1.807, 2.05) is 0 Å². The summed E-state index contributed by atoms with van der Waals surface area (Å²) in [6.07, 6.45) is 0. The van der Waals surface area contributed by atoms with Gasteiger partial charge in [0, 0.05) is 6.07 Å². The second-order valence-corrected chi connectivity index (χ2v) is 1.71. The molecule has 10 heavy (non-hydrogen) atoms. The predicted molar refractivity (Wildman–Crippen MR) is 34.8 cm³/mol. The molecule has 1 rings (SSSR count). The van der Waals surface area contributed by atoms with E-state index in [1.165, 1.54) is 12.1 Å². The fourth-order valence-electron chi connectivity index (χ4n) is 0.612. The van der Waals surface area contributed by atoms with E-state index in [4.69, 9.17) is 5.11 Å². The third-order valence-corrected chi connectivity index (χ3v) is 1.00. The van der Waals surface area contributed by atoms with E-state index < -0.39 is 0 Å². The highest BCUT2D eigenvalue weighted by molar-refractivity contribution is 5.46. The highest BCUT2D eigenvalue weighted by Crippen LogP contribution is 2.16. The van der Waals surface area contributed by atoms with Crippen LogP contribution < -0.4 is 4.74 Å². The van der Waals surface area contributed by atoms with Gasteiger partial charge in [-0.25, -0.2) is 0 Å². The van der Waals surface area contributed by atoms with E-state index in [-0.39, 0.29) is 5.75 Å². The Morgan fingerprint density at radius 1 is 1.50 bits per heavy atom. The van der Waals surface area contributed by atoms with Gasteiger partial charge in [0.2, 0.25) is 0 Å². The molecule has 0 bridgehead atoms. The Morgan fingerprint density at radius 3 is 2.90 bits per heavy atom. The van der Waals surface area contributed by atoms with Gasteiger partial charge in [-0.05, 0) is 12.1 Å². The smallest absolute Gasteiger partial charge is 0.298 e. The van der Waals surface area contributed by atoms with Crippen LogP contribution in [0.15, 0.2) is 24.3 Å². The van der Waals surface area contributed by atoms with E-state index in [0.717, 1.165) is 0 Å². The summed E-state index contributed by atoms with van der Waals surface area (Å²) < 4.78 is 4.45. The van der Waals surface area contributed by atoms with Crippen molar-refractivity contribution < 1.29 is 14.6 Å². The molecule has 1 aromatic rings. The molecule has 1 N–H and O–H groups in total. The number of hydrogen-bond acceptors (Lipinski definition) is 3. The van der Waals surface area contributed by atoms with Crippen LogP contribution in [0.3, 0.4) is 0 Å². The van der Waals surface area contributed by atoms with E-state index >= 15 is 0 Å². The minimum absolute atomic E-state index is 0.0827. The van der Waals surface area contributed by atoms with Crippen LogP contribution >= 0.6 is 0 Å². The van der Waals surface area contributed by atoms with Gasteiger partial charge in [0.15, 0.2) is 0 Å². The Hall–Kier alpha value is -1.51. The zero-order valence-corrected chi connectivity index (χ0v) is 5.15. The summed E-state index contributed by atoms with van der Waals surface area (Å²) in [6.45, 7) is 0.314. The molecule has 0 heterocycles. The average Bonchev–Trinajstić information content (AvgIpc) is 1.88. The van der Waals surface area contributed by atoms with Gasteiger partial charge >= 0.3 is 0 Å². The number of ether oxygens (including phenoxy) is 1. The van der Waals surface area contributed by atoms with Crippen molar-refractivity contribution in [3.05, 3.63) is 24.3 Å². The molecule has 1 aromatic carbocycles. The van der Waals surface area contributed by atoms with Crippen LogP contribution in [0.25, 0.3) is 0 Å². The van der Waals surface area contributed by atoms with Crippen molar-refractivity contribution in [3.63, 3.8) is 0 Å². The normalized spacial score (nSPS) is 8.80. The molecule has 0 aliphatic heterocycles. The number of carbonyl (C=O) groups is 1. The first-order valence-electron chi connectivity index (χ1n) is 2.72. The van der Waals surface area contributed by atoms with Crippen molar-refractivity contribution in [3.8, 4) is 11.5 Å². The van der Waals surface area contributed by atoms with E-state index in [1.54, 1.807) is 12.1 Å². The van der Waals surface area contributed by atoms with Crippen LogP contribution in [-0.4, -0.2) is 11.6 Å². The van der Waals surface area contributed by atoms with Gasteiger partial charge in [-0.1, -0.05) is 6.07 Å². The summed E-state index contributed by atoms with van der Waals surface area (Å²) in [5.74, 6) is 0.425. The monoisotopic (exact) mass is 138 g/mol.